The Morgan fingerprint density at radius 1 is 1.23 bits per heavy atom. The summed E-state index contributed by atoms with van der Waals surface area (Å²) in [6, 6.07) is -1.08. The number of ether oxygens (including phenoxy) is 1. The molecule has 1 aromatic heterocycles. The van der Waals surface area contributed by atoms with Gasteiger partial charge in [0.15, 0.2) is 15.5 Å². The van der Waals surface area contributed by atoms with Gasteiger partial charge in [0.1, 0.15) is 5.76 Å². The number of carbonyl (C=O) groups excluding carboxylic acids is 2. The summed E-state index contributed by atoms with van der Waals surface area (Å²) in [6.45, 7) is 4.19. The molecular weight excluding hydrogens is 362 g/mol. The molecule has 0 aromatic carbocycles. The number of rotatable bonds is 4. The Balaban J connectivity index is 1.92. The molecule has 3 rings (SSSR count). The highest BCUT2D eigenvalue weighted by Crippen LogP contribution is 2.29. The lowest BCUT2D eigenvalue weighted by molar-refractivity contribution is -0.135. The number of methoxy groups -OCH3 is 1. The fraction of sp³-hybridized carbons (Fsp3) is 0.688. The van der Waals surface area contributed by atoms with Gasteiger partial charge in [-0.15, -0.1) is 0 Å². The lowest BCUT2D eigenvalue weighted by atomic mass is 10.0. The summed E-state index contributed by atoms with van der Waals surface area (Å²) in [4.78, 5) is 28.4. The summed E-state index contributed by atoms with van der Waals surface area (Å²) >= 11 is 0. The van der Waals surface area contributed by atoms with Gasteiger partial charge in [-0.25, -0.2) is 8.42 Å². The largest absolute Gasteiger partial charge is 0.380 e. The topological polar surface area (TPSA) is 110 Å². The van der Waals surface area contributed by atoms with Crippen molar-refractivity contribution in [3.8, 4) is 0 Å². The third kappa shape index (κ3) is 3.23. The first-order chi connectivity index (χ1) is 12.3. The second-order valence-corrected chi connectivity index (χ2v) is 8.80. The third-order valence-corrected chi connectivity index (χ3v) is 6.73. The van der Waals surface area contributed by atoms with Crippen molar-refractivity contribution in [2.24, 2.45) is 0 Å². The zero-order chi connectivity index (χ0) is 19.1. The van der Waals surface area contributed by atoms with E-state index in [2.05, 4.69) is 5.16 Å². The van der Waals surface area contributed by atoms with Crippen LogP contribution in [0.4, 0.5) is 0 Å². The van der Waals surface area contributed by atoms with E-state index in [4.69, 9.17) is 9.26 Å². The van der Waals surface area contributed by atoms with Gasteiger partial charge in [0.25, 0.3) is 5.91 Å². The van der Waals surface area contributed by atoms with Crippen LogP contribution in [0.25, 0.3) is 0 Å². The van der Waals surface area contributed by atoms with Gasteiger partial charge in [-0.1, -0.05) is 12.1 Å². The van der Waals surface area contributed by atoms with E-state index in [1.807, 2.05) is 0 Å². The Bertz CT molecular complexity index is 818. The first kappa shape index (κ1) is 18.8. The molecule has 0 radical (unpaired) electrons. The first-order valence-electron chi connectivity index (χ1n) is 8.54. The molecule has 2 atom stereocenters. The Kier molecular flexibility index (Phi) is 5.07. The molecule has 0 saturated carbocycles. The first-order valence-corrected chi connectivity index (χ1v) is 10.4. The normalized spacial score (nSPS) is 24.6. The monoisotopic (exact) mass is 385 g/mol. The fourth-order valence-corrected chi connectivity index (χ4v) is 5.71. The van der Waals surface area contributed by atoms with E-state index in [-0.39, 0.29) is 42.2 Å². The summed E-state index contributed by atoms with van der Waals surface area (Å²) in [5.74, 6) is -0.250. The third-order valence-electron chi connectivity index (χ3n) is 5.04. The maximum atomic E-state index is 13.1. The van der Waals surface area contributed by atoms with Crippen LogP contribution in [0.2, 0.25) is 0 Å². The SMILES string of the molecule is CCC(=O)N1CCN(C(=O)c2noc(C)c2COC)[C@H]2CS(=O)(=O)C[C@H]21. The van der Waals surface area contributed by atoms with Gasteiger partial charge >= 0.3 is 0 Å². The van der Waals surface area contributed by atoms with Gasteiger partial charge in [-0.2, -0.15) is 0 Å². The molecule has 1 aromatic rings. The molecule has 0 N–H and O–H groups in total. The molecule has 2 saturated heterocycles. The van der Waals surface area contributed by atoms with E-state index >= 15 is 0 Å². The van der Waals surface area contributed by atoms with Crippen LogP contribution in [-0.4, -0.2) is 79.0 Å². The summed E-state index contributed by atoms with van der Waals surface area (Å²) in [6.07, 6.45) is 0.303. The maximum Gasteiger partial charge on any atom is 0.276 e. The van der Waals surface area contributed by atoms with Crippen molar-refractivity contribution < 1.29 is 27.3 Å². The molecule has 0 unspecified atom stereocenters. The quantitative estimate of drug-likeness (QED) is 0.717. The zero-order valence-electron chi connectivity index (χ0n) is 15.1. The van der Waals surface area contributed by atoms with Gasteiger partial charge < -0.3 is 19.1 Å². The van der Waals surface area contributed by atoms with Crippen LogP contribution in [0.15, 0.2) is 4.52 Å². The lowest BCUT2D eigenvalue weighted by Crippen LogP contribution is -2.62. The fourth-order valence-electron chi connectivity index (χ4n) is 3.73. The number of amides is 2. The van der Waals surface area contributed by atoms with Gasteiger partial charge in [0.2, 0.25) is 5.91 Å². The molecule has 0 aliphatic carbocycles. The average molecular weight is 385 g/mol. The number of hydrogen-bond donors (Lipinski definition) is 0. The summed E-state index contributed by atoms with van der Waals surface area (Å²) < 4.78 is 34.6. The number of fused-ring (bicyclic) bond motifs is 1. The smallest absolute Gasteiger partial charge is 0.276 e. The number of hydrogen-bond acceptors (Lipinski definition) is 7. The molecule has 2 amide bonds. The Labute approximate surface area is 152 Å². The Morgan fingerprint density at radius 2 is 1.85 bits per heavy atom. The molecule has 9 nitrogen and oxygen atoms in total. The van der Waals surface area contributed by atoms with Crippen LogP contribution < -0.4 is 0 Å². The number of aromatic nitrogens is 1. The maximum absolute atomic E-state index is 13.1. The minimum atomic E-state index is -3.32. The number of carbonyl (C=O) groups is 2. The van der Waals surface area contributed by atoms with E-state index in [1.54, 1.807) is 18.7 Å². The van der Waals surface area contributed by atoms with Crippen molar-refractivity contribution in [2.45, 2.75) is 39.0 Å². The molecular formula is C16H23N3O6S. The summed E-state index contributed by atoms with van der Waals surface area (Å²) in [5.41, 5.74) is 0.699. The molecule has 10 heteroatoms. The lowest BCUT2D eigenvalue weighted by Gasteiger charge is -2.43. The molecule has 2 aliphatic heterocycles. The second-order valence-electron chi connectivity index (χ2n) is 6.65. The molecule has 2 fully saturated rings. The van der Waals surface area contributed by atoms with Gasteiger partial charge in [0, 0.05) is 26.6 Å². The number of nitrogens with zero attached hydrogens (tertiary/aromatic N) is 3. The minimum absolute atomic E-state index is 0.0958. The molecule has 0 bridgehead atoms. The minimum Gasteiger partial charge on any atom is -0.380 e. The van der Waals surface area contributed by atoms with E-state index in [0.717, 1.165) is 0 Å². The zero-order valence-corrected chi connectivity index (χ0v) is 15.9. The van der Waals surface area contributed by atoms with Crippen molar-refractivity contribution in [1.29, 1.82) is 0 Å². The van der Waals surface area contributed by atoms with Crippen molar-refractivity contribution >= 4 is 21.7 Å². The van der Waals surface area contributed by atoms with Gasteiger partial charge in [-0.05, 0) is 6.92 Å². The van der Waals surface area contributed by atoms with Crippen LogP contribution in [0.5, 0.6) is 0 Å². The summed E-state index contributed by atoms with van der Waals surface area (Å²) in [7, 11) is -1.81. The highest BCUT2D eigenvalue weighted by Gasteiger charge is 2.49. The highest BCUT2D eigenvalue weighted by atomic mass is 32.2. The number of aryl methyl sites for hydroxylation is 1. The van der Waals surface area contributed by atoms with Crippen molar-refractivity contribution in [3.63, 3.8) is 0 Å². The van der Waals surface area contributed by atoms with Crippen LogP contribution >= 0.6 is 0 Å². The molecule has 3 heterocycles. The van der Waals surface area contributed by atoms with Crippen LogP contribution in [0, 0.1) is 6.92 Å². The van der Waals surface area contributed by atoms with Crippen molar-refractivity contribution in [1.82, 2.24) is 15.0 Å². The highest BCUT2D eigenvalue weighted by molar-refractivity contribution is 7.91. The number of piperazine rings is 1. The van der Waals surface area contributed by atoms with Gasteiger partial charge in [-0.3, -0.25) is 9.59 Å². The van der Waals surface area contributed by atoms with Crippen LogP contribution in [0.3, 0.4) is 0 Å². The molecule has 144 valence electrons. The van der Waals surface area contributed by atoms with Crippen LogP contribution in [0.1, 0.15) is 35.2 Å². The van der Waals surface area contributed by atoms with E-state index < -0.39 is 21.9 Å². The Morgan fingerprint density at radius 3 is 2.46 bits per heavy atom. The van der Waals surface area contributed by atoms with E-state index in [0.29, 0.717) is 24.3 Å². The predicted octanol–water partition coefficient (Wildman–Crippen LogP) is -0.0106. The van der Waals surface area contributed by atoms with Crippen molar-refractivity contribution in [3.05, 3.63) is 17.0 Å². The molecule has 2 aliphatic rings. The van der Waals surface area contributed by atoms with Crippen LogP contribution in [-0.2, 0) is 26.0 Å². The summed E-state index contributed by atoms with van der Waals surface area (Å²) in [5, 5.41) is 3.85. The van der Waals surface area contributed by atoms with Crippen molar-refractivity contribution in [2.75, 3.05) is 31.7 Å². The molecule has 0 spiro atoms. The average Bonchev–Trinajstić information content (AvgIpc) is 3.12. The van der Waals surface area contributed by atoms with E-state index in [1.165, 1.54) is 12.0 Å². The standard InChI is InChI=1S/C16H23N3O6S/c1-4-14(20)18-5-6-19(13-9-26(22,23)8-12(13)18)16(21)15-11(7-24-3)10(2)25-17-15/h12-13H,4-9H2,1-3H3/t12-,13+/m1/s1. The molecule has 26 heavy (non-hydrogen) atoms. The Hall–Kier alpha value is -1.94. The predicted molar refractivity (Wildman–Crippen MR) is 91.2 cm³/mol. The van der Waals surface area contributed by atoms with E-state index in [9.17, 15) is 18.0 Å². The second kappa shape index (κ2) is 6.99. The van der Waals surface area contributed by atoms with Gasteiger partial charge in [0.05, 0.1) is 35.8 Å². The number of sulfone groups is 1.